The fourth-order valence-corrected chi connectivity index (χ4v) is 2.98. The third kappa shape index (κ3) is 3.21. The number of nitrogens with zero attached hydrogens (tertiary/aromatic N) is 2. The van der Waals surface area contributed by atoms with E-state index in [1.54, 1.807) is 0 Å². The average molecular weight is 320 g/mol. The van der Waals surface area contributed by atoms with E-state index in [-0.39, 0.29) is 5.75 Å². The van der Waals surface area contributed by atoms with Crippen molar-refractivity contribution in [1.82, 2.24) is 9.78 Å². The summed E-state index contributed by atoms with van der Waals surface area (Å²) in [4.78, 5) is 0. The van der Waals surface area contributed by atoms with Crippen LogP contribution in [0.15, 0.2) is 48.5 Å². The highest BCUT2D eigenvalue weighted by Crippen LogP contribution is 2.35. The van der Waals surface area contributed by atoms with Crippen LogP contribution in [0, 0.1) is 19.8 Å². The molecule has 0 aliphatic heterocycles. The molecule has 3 rings (SSSR count). The van der Waals surface area contributed by atoms with Crippen LogP contribution in [0.5, 0.6) is 5.75 Å². The van der Waals surface area contributed by atoms with E-state index < -0.39 is 0 Å². The Labute approximate surface area is 143 Å². The lowest BCUT2D eigenvalue weighted by Crippen LogP contribution is -2.01. The molecule has 2 aromatic carbocycles. The molecule has 0 fully saturated rings. The monoisotopic (exact) mass is 320 g/mol. The molecular formula is C21H24N2O. The number of aromatic hydroxyl groups is 1. The van der Waals surface area contributed by atoms with Crippen molar-refractivity contribution in [1.29, 1.82) is 0 Å². The zero-order chi connectivity index (χ0) is 17.3. The Morgan fingerprint density at radius 2 is 1.67 bits per heavy atom. The number of aromatic nitrogens is 2. The lowest BCUT2D eigenvalue weighted by molar-refractivity contribution is 0.464. The van der Waals surface area contributed by atoms with Gasteiger partial charge in [0.1, 0.15) is 11.4 Å². The van der Waals surface area contributed by atoms with Gasteiger partial charge in [0, 0.05) is 5.56 Å². The van der Waals surface area contributed by atoms with Gasteiger partial charge in [0.2, 0.25) is 0 Å². The van der Waals surface area contributed by atoms with E-state index in [1.807, 2.05) is 28.9 Å². The maximum Gasteiger partial charge on any atom is 0.165 e. The fourth-order valence-electron chi connectivity index (χ4n) is 2.98. The van der Waals surface area contributed by atoms with Crippen molar-refractivity contribution in [3.8, 4) is 22.7 Å². The molecule has 0 unspecified atom stereocenters. The topological polar surface area (TPSA) is 38.1 Å². The second kappa shape index (κ2) is 6.52. The summed E-state index contributed by atoms with van der Waals surface area (Å²) in [5, 5.41) is 15.6. The van der Waals surface area contributed by atoms with Gasteiger partial charge in [-0.3, -0.25) is 0 Å². The number of rotatable bonds is 4. The maximum atomic E-state index is 10.9. The van der Waals surface area contributed by atoms with Crippen molar-refractivity contribution >= 4 is 0 Å². The van der Waals surface area contributed by atoms with Crippen LogP contribution in [0.3, 0.4) is 0 Å². The quantitative estimate of drug-likeness (QED) is 0.729. The smallest absolute Gasteiger partial charge is 0.165 e. The van der Waals surface area contributed by atoms with Crippen LogP contribution in [0.4, 0.5) is 0 Å². The molecule has 0 spiro atoms. The van der Waals surface area contributed by atoms with Crippen LogP contribution in [0.25, 0.3) is 16.9 Å². The van der Waals surface area contributed by atoms with Gasteiger partial charge in [0.15, 0.2) is 5.75 Å². The minimum Gasteiger partial charge on any atom is -0.504 e. The van der Waals surface area contributed by atoms with Crippen LogP contribution in [0.2, 0.25) is 0 Å². The highest BCUT2D eigenvalue weighted by atomic mass is 16.3. The van der Waals surface area contributed by atoms with Crippen molar-refractivity contribution in [3.05, 3.63) is 65.4 Å². The molecule has 1 aromatic heterocycles. The van der Waals surface area contributed by atoms with Crippen molar-refractivity contribution in [2.75, 3.05) is 0 Å². The minimum atomic E-state index is 0.288. The second-order valence-electron chi connectivity index (χ2n) is 6.86. The zero-order valence-electron chi connectivity index (χ0n) is 14.7. The Hall–Kier alpha value is -2.55. The van der Waals surface area contributed by atoms with Crippen LogP contribution < -0.4 is 0 Å². The van der Waals surface area contributed by atoms with Gasteiger partial charge in [-0.25, -0.2) is 4.68 Å². The standard InChI is InChI=1S/C21H24N2O/c1-14(2)11-19-21(24)20(17-9-5-7-15(3)12-17)23(22-19)18-10-6-8-16(4)13-18/h5-10,12-14,24H,11H2,1-4H3. The highest BCUT2D eigenvalue weighted by molar-refractivity contribution is 5.70. The third-order valence-corrected chi connectivity index (χ3v) is 4.07. The normalized spacial score (nSPS) is 11.2. The molecule has 0 saturated carbocycles. The Morgan fingerprint density at radius 1 is 1.00 bits per heavy atom. The first kappa shape index (κ1) is 16.3. The second-order valence-corrected chi connectivity index (χ2v) is 6.86. The molecule has 0 aliphatic carbocycles. The highest BCUT2D eigenvalue weighted by Gasteiger charge is 2.20. The molecule has 3 aromatic rings. The van der Waals surface area contributed by atoms with E-state index in [0.29, 0.717) is 5.92 Å². The van der Waals surface area contributed by atoms with E-state index in [4.69, 9.17) is 5.10 Å². The molecule has 0 atom stereocenters. The van der Waals surface area contributed by atoms with Gasteiger partial charge in [-0.1, -0.05) is 49.7 Å². The van der Waals surface area contributed by atoms with E-state index in [2.05, 4.69) is 52.0 Å². The van der Waals surface area contributed by atoms with Crippen molar-refractivity contribution in [3.63, 3.8) is 0 Å². The Bertz CT molecular complexity index is 862. The third-order valence-electron chi connectivity index (χ3n) is 4.07. The first-order valence-electron chi connectivity index (χ1n) is 8.40. The predicted molar refractivity (Wildman–Crippen MR) is 98.7 cm³/mol. The molecule has 3 nitrogen and oxygen atoms in total. The lowest BCUT2D eigenvalue weighted by atomic mass is 10.0. The summed E-state index contributed by atoms with van der Waals surface area (Å²) in [6, 6.07) is 16.4. The van der Waals surface area contributed by atoms with E-state index >= 15 is 0 Å². The van der Waals surface area contributed by atoms with E-state index in [0.717, 1.165) is 34.6 Å². The molecule has 0 saturated heterocycles. The number of hydrogen-bond acceptors (Lipinski definition) is 2. The summed E-state index contributed by atoms with van der Waals surface area (Å²) in [5.41, 5.74) is 5.80. The van der Waals surface area contributed by atoms with Gasteiger partial charge < -0.3 is 5.11 Å². The van der Waals surface area contributed by atoms with Gasteiger partial charge in [-0.2, -0.15) is 5.10 Å². The summed E-state index contributed by atoms with van der Waals surface area (Å²) < 4.78 is 1.87. The molecule has 1 heterocycles. The maximum absolute atomic E-state index is 10.9. The van der Waals surface area contributed by atoms with Crippen LogP contribution in [-0.2, 0) is 6.42 Å². The largest absolute Gasteiger partial charge is 0.504 e. The predicted octanol–water partition coefficient (Wildman–Crippen LogP) is 5.06. The number of benzene rings is 2. The lowest BCUT2D eigenvalue weighted by Gasteiger charge is -2.09. The molecule has 0 radical (unpaired) electrons. The molecule has 24 heavy (non-hydrogen) atoms. The fraction of sp³-hybridized carbons (Fsp3) is 0.286. The number of hydrogen-bond donors (Lipinski definition) is 1. The van der Waals surface area contributed by atoms with Gasteiger partial charge >= 0.3 is 0 Å². The molecule has 124 valence electrons. The molecule has 3 heteroatoms. The van der Waals surface area contributed by atoms with E-state index in [9.17, 15) is 5.11 Å². The summed E-state index contributed by atoms with van der Waals surface area (Å²) >= 11 is 0. The van der Waals surface area contributed by atoms with Gasteiger partial charge in [-0.15, -0.1) is 0 Å². The van der Waals surface area contributed by atoms with Gasteiger partial charge in [0.05, 0.1) is 5.69 Å². The SMILES string of the molecule is Cc1cccc(-c2c(O)c(CC(C)C)nn2-c2cccc(C)c2)c1. The molecule has 0 amide bonds. The molecule has 0 aliphatic rings. The summed E-state index contributed by atoms with van der Waals surface area (Å²) in [5.74, 6) is 0.720. The van der Waals surface area contributed by atoms with Crippen LogP contribution in [0.1, 0.15) is 30.7 Å². The summed E-state index contributed by atoms with van der Waals surface area (Å²) in [7, 11) is 0. The summed E-state index contributed by atoms with van der Waals surface area (Å²) in [6.07, 6.45) is 0.753. The zero-order valence-corrected chi connectivity index (χ0v) is 14.7. The molecular weight excluding hydrogens is 296 g/mol. The van der Waals surface area contributed by atoms with Crippen molar-refractivity contribution in [2.24, 2.45) is 5.92 Å². The number of aryl methyl sites for hydroxylation is 2. The summed E-state index contributed by atoms with van der Waals surface area (Å²) in [6.45, 7) is 8.39. The van der Waals surface area contributed by atoms with E-state index in [1.165, 1.54) is 5.56 Å². The van der Waals surface area contributed by atoms with Crippen LogP contribution >= 0.6 is 0 Å². The first-order chi connectivity index (χ1) is 11.5. The van der Waals surface area contributed by atoms with Crippen molar-refractivity contribution in [2.45, 2.75) is 34.1 Å². The Kier molecular flexibility index (Phi) is 4.43. The average Bonchev–Trinajstić information content (AvgIpc) is 2.83. The Morgan fingerprint density at radius 3 is 2.29 bits per heavy atom. The van der Waals surface area contributed by atoms with Crippen molar-refractivity contribution < 1.29 is 5.11 Å². The first-order valence-corrected chi connectivity index (χ1v) is 8.40. The van der Waals surface area contributed by atoms with Gasteiger partial charge in [-0.05, 0) is 49.9 Å². The molecule has 1 N–H and O–H groups in total. The molecule has 0 bridgehead atoms. The Balaban J connectivity index is 2.23. The van der Waals surface area contributed by atoms with Crippen LogP contribution in [-0.4, -0.2) is 14.9 Å². The minimum absolute atomic E-state index is 0.288. The van der Waals surface area contributed by atoms with Gasteiger partial charge in [0.25, 0.3) is 0 Å².